The molecule has 1 aromatic heterocycles. The van der Waals surface area contributed by atoms with Crippen molar-refractivity contribution in [3.05, 3.63) is 53.4 Å². The van der Waals surface area contributed by atoms with Crippen LogP contribution in [0.1, 0.15) is 40.7 Å². The molecule has 1 fully saturated rings. The predicted octanol–water partition coefficient (Wildman–Crippen LogP) is 2.96. The average molecular weight is 256 g/mol. The Kier molecular flexibility index (Phi) is 3.07. The van der Waals surface area contributed by atoms with Gasteiger partial charge in [0.1, 0.15) is 0 Å². The molecule has 4 nitrogen and oxygen atoms in total. The van der Waals surface area contributed by atoms with Crippen molar-refractivity contribution in [3.63, 3.8) is 0 Å². The van der Waals surface area contributed by atoms with Crippen molar-refractivity contribution in [2.24, 2.45) is 0 Å². The first-order valence-electron chi connectivity index (χ1n) is 6.55. The second-order valence-corrected chi connectivity index (χ2v) is 4.89. The summed E-state index contributed by atoms with van der Waals surface area (Å²) in [5, 5.41) is 3.91. The largest absolute Gasteiger partial charge is 0.359 e. The molecule has 1 aliphatic rings. The van der Waals surface area contributed by atoms with Gasteiger partial charge in [0.05, 0.1) is 11.7 Å². The second-order valence-electron chi connectivity index (χ2n) is 4.89. The number of carbonyl (C=O) groups excluding carboxylic acids is 1. The zero-order chi connectivity index (χ0) is 13.2. The molecule has 4 heteroatoms. The molecular formula is C15H16N2O2. The van der Waals surface area contributed by atoms with Gasteiger partial charge in [-0.25, -0.2) is 0 Å². The summed E-state index contributed by atoms with van der Waals surface area (Å²) in [6.45, 7) is 2.67. The first kappa shape index (κ1) is 12.0. The molecule has 1 atom stereocenters. The molecular weight excluding hydrogens is 240 g/mol. The summed E-state index contributed by atoms with van der Waals surface area (Å²) in [6.07, 6.45) is 1.94. The van der Waals surface area contributed by atoms with Crippen LogP contribution in [0.5, 0.6) is 0 Å². The van der Waals surface area contributed by atoms with Gasteiger partial charge < -0.3 is 9.42 Å². The molecule has 0 spiro atoms. The van der Waals surface area contributed by atoms with Gasteiger partial charge in [-0.05, 0) is 31.9 Å². The molecule has 0 unspecified atom stereocenters. The van der Waals surface area contributed by atoms with Crippen LogP contribution in [0, 0.1) is 6.92 Å². The number of benzene rings is 1. The van der Waals surface area contributed by atoms with E-state index in [0.717, 1.165) is 36.4 Å². The van der Waals surface area contributed by atoms with Gasteiger partial charge in [-0.3, -0.25) is 4.79 Å². The Bertz CT molecular complexity index is 577. The molecule has 2 aromatic rings. The van der Waals surface area contributed by atoms with Crippen LogP contribution in [0.4, 0.5) is 0 Å². The van der Waals surface area contributed by atoms with Crippen molar-refractivity contribution >= 4 is 5.91 Å². The minimum absolute atomic E-state index is 0.0221. The first-order valence-corrected chi connectivity index (χ1v) is 6.55. The number of likely N-dealkylation sites (tertiary alicyclic amines) is 1. The maximum Gasteiger partial charge on any atom is 0.254 e. The Hall–Kier alpha value is -2.10. The Morgan fingerprint density at radius 2 is 2.16 bits per heavy atom. The summed E-state index contributed by atoms with van der Waals surface area (Å²) in [6, 6.07) is 11.3. The number of rotatable bonds is 2. The molecule has 0 N–H and O–H groups in total. The Balaban J connectivity index is 1.86. The minimum Gasteiger partial charge on any atom is -0.359 e. The molecule has 19 heavy (non-hydrogen) atoms. The number of carbonyl (C=O) groups is 1. The van der Waals surface area contributed by atoms with Crippen LogP contribution in [-0.4, -0.2) is 22.5 Å². The van der Waals surface area contributed by atoms with Gasteiger partial charge in [-0.2, -0.15) is 0 Å². The standard InChI is InChI=1S/C15H16N2O2/c1-11-10-14(19-16-11)13-8-5-9-17(13)15(18)12-6-3-2-4-7-12/h2-4,6-7,10,13H,5,8-9H2,1H3/t13-/m0/s1. The normalized spacial score (nSPS) is 18.8. The van der Waals surface area contributed by atoms with Crippen LogP contribution in [0.15, 0.2) is 40.9 Å². The van der Waals surface area contributed by atoms with Crippen LogP contribution in [-0.2, 0) is 0 Å². The molecule has 2 heterocycles. The highest BCUT2D eigenvalue weighted by Crippen LogP contribution is 2.33. The SMILES string of the molecule is Cc1cc([C@@H]2CCCN2C(=O)c2ccccc2)on1. The van der Waals surface area contributed by atoms with Crippen molar-refractivity contribution < 1.29 is 9.32 Å². The summed E-state index contributed by atoms with van der Waals surface area (Å²) < 4.78 is 5.32. The zero-order valence-electron chi connectivity index (χ0n) is 10.9. The Labute approximate surface area is 112 Å². The topological polar surface area (TPSA) is 46.3 Å². The highest BCUT2D eigenvalue weighted by molar-refractivity contribution is 5.94. The van der Waals surface area contributed by atoms with Crippen LogP contribution in [0.25, 0.3) is 0 Å². The smallest absolute Gasteiger partial charge is 0.254 e. The fraction of sp³-hybridized carbons (Fsp3) is 0.333. The van der Waals surface area contributed by atoms with E-state index >= 15 is 0 Å². The first-order chi connectivity index (χ1) is 9.25. The molecule has 0 bridgehead atoms. The number of nitrogens with zero attached hydrogens (tertiary/aromatic N) is 2. The Morgan fingerprint density at radius 1 is 1.37 bits per heavy atom. The van der Waals surface area contributed by atoms with E-state index in [4.69, 9.17) is 4.52 Å². The summed E-state index contributed by atoms with van der Waals surface area (Å²) in [5.41, 5.74) is 1.58. The van der Waals surface area contributed by atoms with Gasteiger partial charge in [-0.1, -0.05) is 23.4 Å². The number of hydrogen-bond acceptors (Lipinski definition) is 3. The molecule has 0 radical (unpaired) electrons. The fourth-order valence-electron chi connectivity index (χ4n) is 2.59. The maximum absolute atomic E-state index is 12.5. The third-order valence-corrected chi connectivity index (χ3v) is 3.51. The Morgan fingerprint density at radius 3 is 2.84 bits per heavy atom. The lowest BCUT2D eigenvalue weighted by molar-refractivity contribution is 0.0714. The lowest BCUT2D eigenvalue weighted by atomic mass is 10.1. The van der Waals surface area contributed by atoms with E-state index < -0.39 is 0 Å². The number of amides is 1. The molecule has 98 valence electrons. The maximum atomic E-state index is 12.5. The molecule has 1 saturated heterocycles. The molecule has 0 saturated carbocycles. The molecule has 3 rings (SSSR count). The van der Waals surface area contributed by atoms with E-state index in [1.807, 2.05) is 48.2 Å². The van der Waals surface area contributed by atoms with Gasteiger partial charge in [0.2, 0.25) is 0 Å². The molecule has 1 amide bonds. The van der Waals surface area contributed by atoms with Gasteiger partial charge in [0.15, 0.2) is 5.76 Å². The molecule has 1 aliphatic heterocycles. The van der Waals surface area contributed by atoms with Gasteiger partial charge in [0.25, 0.3) is 5.91 Å². The predicted molar refractivity (Wildman–Crippen MR) is 70.7 cm³/mol. The lowest BCUT2D eigenvalue weighted by Gasteiger charge is -2.22. The van der Waals surface area contributed by atoms with Gasteiger partial charge in [0, 0.05) is 18.2 Å². The fourth-order valence-corrected chi connectivity index (χ4v) is 2.59. The van der Waals surface area contributed by atoms with Crippen LogP contribution in [0.2, 0.25) is 0 Å². The summed E-state index contributed by atoms with van der Waals surface area (Å²) in [4.78, 5) is 14.4. The highest BCUT2D eigenvalue weighted by atomic mass is 16.5. The average Bonchev–Trinajstić information content (AvgIpc) is 3.07. The number of aryl methyl sites for hydroxylation is 1. The van der Waals surface area contributed by atoms with E-state index in [9.17, 15) is 4.79 Å². The van der Waals surface area contributed by atoms with Crippen molar-refractivity contribution in [3.8, 4) is 0 Å². The highest BCUT2D eigenvalue weighted by Gasteiger charge is 2.32. The van der Waals surface area contributed by atoms with Crippen LogP contribution >= 0.6 is 0 Å². The van der Waals surface area contributed by atoms with E-state index in [-0.39, 0.29) is 11.9 Å². The van der Waals surface area contributed by atoms with E-state index in [1.54, 1.807) is 0 Å². The summed E-state index contributed by atoms with van der Waals surface area (Å²) >= 11 is 0. The van der Waals surface area contributed by atoms with Crippen molar-refractivity contribution in [1.29, 1.82) is 0 Å². The van der Waals surface area contributed by atoms with Crippen molar-refractivity contribution in [2.75, 3.05) is 6.54 Å². The van der Waals surface area contributed by atoms with Gasteiger partial charge in [-0.15, -0.1) is 0 Å². The van der Waals surface area contributed by atoms with E-state index in [1.165, 1.54) is 0 Å². The van der Waals surface area contributed by atoms with E-state index in [2.05, 4.69) is 5.16 Å². The summed E-state index contributed by atoms with van der Waals surface area (Å²) in [5.74, 6) is 0.858. The van der Waals surface area contributed by atoms with Crippen LogP contribution < -0.4 is 0 Å². The van der Waals surface area contributed by atoms with Crippen LogP contribution in [0.3, 0.4) is 0 Å². The monoisotopic (exact) mass is 256 g/mol. The second kappa shape index (κ2) is 4.88. The number of aromatic nitrogens is 1. The summed E-state index contributed by atoms with van der Waals surface area (Å²) in [7, 11) is 0. The van der Waals surface area contributed by atoms with Crippen molar-refractivity contribution in [2.45, 2.75) is 25.8 Å². The third-order valence-electron chi connectivity index (χ3n) is 3.51. The molecule has 0 aliphatic carbocycles. The molecule has 1 aromatic carbocycles. The van der Waals surface area contributed by atoms with Gasteiger partial charge >= 0.3 is 0 Å². The van der Waals surface area contributed by atoms with E-state index in [0.29, 0.717) is 0 Å². The van der Waals surface area contributed by atoms with Crippen molar-refractivity contribution in [1.82, 2.24) is 10.1 Å². The minimum atomic E-state index is 0.0221. The lowest BCUT2D eigenvalue weighted by Crippen LogP contribution is -2.30. The zero-order valence-corrected chi connectivity index (χ0v) is 10.9. The quantitative estimate of drug-likeness (QED) is 0.829. The third kappa shape index (κ3) is 2.26. The number of hydrogen-bond donors (Lipinski definition) is 0.